The Balaban J connectivity index is 2.13. The van der Waals surface area contributed by atoms with Gasteiger partial charge < -0.3 is 14.6 Å². The molecule has 1 amide bonds. The van der Waals surface area contributed by atoms with Gasteiger partial charge in [0.05, 0.1) is 7.11 Å². The number of carbonyl (C=O) groups is 2. The lowest BCUT2D eigenvalue weighted by Gasteiger charge is -2.18. The van der Waals surface area contributed by atoms with Crippen LogP contribution in [0.1, 0.15) is 5.56 Å². The molecule has 1 aromatic heterocycles. The molecule has 120 valence electrons. The summed E-state index contributed by atoms with van der Waals surface area (Å²) < 4.78 is 10.1. The normalized spacial score (nSPS) is 9.96. The van der Waals surface area contributed by atoms with Gasteiger partial charge in [-0.1, -0.05) is 30.3 Å². The second kappa shape index (κ2) is 7.74. The summed E-state index contributed by atoms with van der Waals surface area (Å²) in [4.78, 5) is 31.8. The molecule has 0 bridgehead atoms. The number of hydrogen-bond donors (Lipinski definition) is 1. The Hall–Kier alpha value is -3.16. The zero-order valence-electron chi connectivity index (χ0n) is 12.4. The van der Waals surface area contributed by atoms with E-state index in [1.165, 1.54) is 19.4 Å². The van der Waals surface area contributed by atoms with Crippen molar-refractivity contribution in [3.8, 4) is 5.88 Å². The first kappa shape index (κ1) is 16.2. The van der Waals surface area contributed by atoms with E-state index < -0.39 is 18.6 Å². The van der Waals surface area contributed by atoms with Crippen molar-refractivity contribution in [1.82, 2.24) is 9.97 Å². The summed E-state index contributed by atoms with van der Waals surface area (Å²) in [6, 6.07) is 10.5. The Labute approximate surface area is 132 Å². The number of carboxylic acid groups (broad SMARTS) is 1. The molecular weight excluding hydrogens is 302 g/mol. The summed E-state index contributed by atoms with van der Waals surface area (Å²) in [6.45, 7) is -0.611. The third-order valence-electron chi connectivity index (χ3n) is 2.79. The molecule has 1 N–H and O–H groups in total. The highest BCUT2D eigenvalue weighted by Crippen LogP contribution is 2.14. The van der Waals surface area contributed by atoms with Crippen LogP contribution in [0.15, 0.2) is 42.6 Å². The van der Waals surface area contributed by atoms with E-state index in [0.29, 0.717) is 0 Å². The lowest BCUT2D eigenvalue weighted by atomic mass is 10.2. The van der Waals surface area contributed by atoms with Crippen molar-refractivity contribution >= 4 is 18.0 Å². The van der Waals surface area contributed by atoms with Crippen molar-refractivity contribution in [2.45, 2.75) is 6.61 Å². The lowest BCUT2D eigenvalue weighted by molar-refractivity contribution is -0.135. The number of nitrogens with zero attached hydrogens (tertiary/aromatic N) is 3. The van der Waals surface area contributed by atoms with Crippen LogP contribution in [0.25, 0.3) is 0 Å². The molecule has 23 heavy (non-hydrogen) atoms. The molecule has 0 atom stereocenters. The molecule has 8 nitrogen and oxygen atoms in total. The summed E-state index contributed by atoms with van der Waals surface area (Å²) in [5, 5.41) is 8.97. The largest absolute Gasteiger partial charge is 0.481 e. The molecule has 0 aliphatic heterocycles. The molecule has 0 radical (unpaired) electrons. The number of rotatable bonds is 6. The maximum absolute atomic E-state index is 12.2. The van der Waals surface area contributed by atoms with Gasteiger partial charge in [-0.3, -0.25) is 4.79 Å². The SMILES string of the molecule is COc1ccnc(N(CC(=O)O)C(=O)OCc2ccccc2)n1. The molecule has 2 aromatic rings. The van der Waals surface area contributed by atoms with Gasteiger partial charge in [0.2, 0.25) is 11.8 Å². The van der Waals surface area contributed by atoms with E-state index in [1.807, 2.05) is 18.2 Å². The van der Waals surface area contributed by atoms with Crippen LogP contribution >= 0.6 is 0 Å². The highest BCUT2D eigenvalue weighted by Gasteiger charge is 2.23. The number of aliphatic carboxylic acids is 1. The number of carbonyl (C=O) groups excluding carboxylic acids is 1. The van der Waals surface area contributed by atoms with Crippen molar-refractivity contribution < 1.29 is 24.2 Å². The number of ether oxygens (including phenoxy) is 2. The van der Waals surface area contributed by atoms with Crippen LogP contribution in [-0.2, 0) is 16.1 Å². The zero-order valence-corrected chi connectivity index (χ0v) is 12.4. The first-order valence-electron chi connectivity index (χ1n) is 6.67. The fourth-order valence-electron chi connectivity index (χ4n) is 1.73. The fourth-order valence-corrected chi connectivity index (χ4v) is 1.73. The van der Waals surface area contributed by atoms with Gasteiger partial charge in [0.15, 0.2) is 0 Å². The molecular formula is C15H15N3O5. The van der Waals surface area contributed by atoms with Crippen molar-refractivity contribution in [3.05, 3.63) is 48.2 Å². The van der Waals surface area contributed by atoms with Gasteiger partial charge in [-0.2, -0.15) is 4.98 Å². The summed E-state index contributed by atoms with van der Waals surface area (Å²) in [5.41, 5.74) is 0.780. The van der Waals surface area contributed by atoms with Gasteiger partial charge in [0, 0.05) is 12.3 Å². The number of benzene rings is 1. The topological polar surface area (TPSA) is 102 Å². The number of amides is 1. The van der Waals surface area contributed by atoms with Crippen LogP contribution in [0.2, 0.25) is 0 Å². The molecule has 1 aromatic carbocycles. The van der Waals surface area contributed by atoms with Crippen LogP contribution in [0.5, 0.6) is 5.88 Å². The Morgan fingerprint density at radius 1 is 1.22 bits per heavy atom. The number of aromatic nitrogens is 2. The maximum Gasteiger partial charge on any atom is 0.417 e. The number of methoxy groups -OCH3 is 1. The second-order valence-electron chi connectivity index (χ2n) is 4.42. The predicted molar refractivity (Wildman–Crippen MR) is 80.2 cm³/mol. The van der Waals surface area contributed by atoms with E-state index in [-0.39, 0.29) is 18.4 Å². The summed E-state index contributed by atoms with van der Waals surface area (Å²) in [7, 11) is 1.40. The van der Waals surface area contributed by atoms with Gasteiger partial charge in [-0.05, 0) is 5.56 Å². The quantitative estimate of drug-likeness (QED) is 0.865. The predicted octanol–water partition coefficient (Wildman–Crippen LogP) is 1.71. The van der Waals surface area contributed by atoms with Gasteiger partial charge in [0.25, 0.3) is 0 Å². The van der Waals surface area contributed by atoms with E-state index >= 15 is 0 Å². The Morgan fingerprint density at radius 2 is 1.96 bits per heavy atom. The van der Waals surface area contributed by atoms with Gasteiger partial charge in [0.1, 0.15) is 13.2 Å². The standard InChI is InChI=1S/C15H15N3O5/c1-22-12-7-8-16-14(17-12)18(9-13(19)20)15(21)23-10-11-5-3-2-4-6-11/h2-8H,9-10H2,1H3,(H,19,20). The maximum atomic E-state index is 12.2. The Bertz CT molecular complexity index is 678. The highest BCUT2D eigenvalue weighted by atomic mass is 16.6. The van der Waals surface area contributed by atoms with Crippen LogP contribution in [0.4, 0.5) is 10.7 Å². The van der Waals surface area contributed by atoms with E-state index in [9.17, 15) is 9.59 Å². The smallest absolute Gasteiger partial charge is 0.417 e. The van der Waals surface area contributed by atoms with E-state index in [4.69, 9.17) is 14.6 Å². The average Bonchev–Trinajstić information content (AvgIpc) is 2.58. The molecule has 0 aliphatic rings. The van der Waals surface area contributed by atoms with Crippen LogP contribution in [-0.4, -0.2) is 40.8 Å². The molecule has 0 aliphatic carbocycles. The minimum atomic E-state index is -1.21. The van der Waals surface area contributed by atoms with Crippen molar-refractivity contribution in [3.63, 3.8) is 0 Å². The molecule has 0 unspecified atom stereocenters. The molecule has 1 heterocycles. The molecule has 2 rings (SSSR count). The van der Waals surface area contributed by atoms with Gasteiger partial charge in [-0.25, -0.2) is 14.7 Å². The summed E-state index contributed by atoms with van der Waals surface area (Å²) in [6.07, 6.45) is 0.505. The van der Waals surface area contributed by atoms with Gasteiger partial charge >= 0.3 is 12.1 Å². The number of carboxylic acids is 1. The van der Waals surface area contributed by atoms with Gasteiger partial charge in [-0.15, -0.1) is 0 Å². The third-order valence-corrected chi connectivity index (χ3v) is 2.79. The third kappa shape index (κ3) is 4.67. The lowest BCUT2D eigenvalue weighted by Crippen LogP contribution is -2.37. The van der Waals surface area contributed by atoms with Crippen molar-refractivity contribution in [1.29, 1.82) is 0 Å². The molecule has 0 spiro atoms. The number of hydrogen-bond acceptors (Lipinski definition) is 6. The first-order chi connectivity index (χ1) is 11.1. The average molecular weight is 317 g/mol. The minimum Gasteiger partial charge on any atom is -0.481 e. The molecule has 8 heteroatoms. The van der Waals surface area contributed by atoms with Crippen LogP contribution in [0, 0.1) is 0 Å². The van der Waals surface area contributed by atoms with E-state index in [2.05, 4.69) is 9.97 Å². The minimum absolute atomic E-state index is 0.0137. The summed E-state index contributed by atoms with van der Waals surface area (Å²) >= 11 is 0. The Morgan fingerprint density at radius 3 is 2.61 bits per heavy atom. The Kier molecular flexibility index (Phi) is 5.45. The van der Waals surface area contributed by atoms with Crippen molar-refractivity contribution in [2.24, 2.45) is 0 Å². The van der Waals surface area contributed by atoms with Crippen LogP contribution < -0.4 is 9.64 Å². The first-order valence-corrected chi connectivity index (χ1v) is 6.67. The zero-order chi connectivity index (χ0) is 16.7. The monoisotopic (exact) mass is 317 g/mol. The van der Waals surface area contributed by atoms with Crippen LogP contribution in [0.3, 0.4) is 0 Å². The van der Waals surface area contributed by atoms with Crippen molar-refractivity contribution in [2.75, 3.05) is 18.6 Å². The van der Waals surface area contributed by atoms with E-state index in [1.54, 1.807) is 12.1 Å². The molecule has 0 fully saturated rings. The fraction of sp³-hybridized carbons (Fsp3) is 0.200. The van der Waals surface area contributed by atoms with E-state index in [0.717, 1.165) is 10.5 Å². The second-order valence-corrected chi connectivity index (χ2v) is 4.42. The molecule has 0 saturated heterocycles. The highest BCUT2D eigenvalue weighted by molar-refractivity contribution is 5.91. The number of anilines is 1. The summed E-state index contributed by atoms with van der Waals surface area (Å²) in [5.74, 6) is -1.11. The molecule has 0 saturated carbocycles.